The molecule has 0 spiro atoms. The van der Waals surface area contributed by atoms with Crippen molar-refractivity contribution in [1.29, 1.82) is 0 Å². The summed E-state index contributed by atoms with van der Waals surface area (Å²) in [5.74, 6) is 2.20. The van der Waals surface area contributed by atoms with Gasteiger partial charge in [0.25, 0.3) is 0 Å². The van der Waals surface area contributed by atoms with Crippen molar-refractivity contribution in [3.8, 4) is 0 Å². The predicted molar refractivity (Wildman–Crippen MR) is 91.8 cm³/mol. The van der Waals surface area contributed by atoms with Crippen molar-refractivity contribution in [2.45, 2.75) is 45.1 Å². The highest BCUT2D eigenvalue weighted by Gasteiger charge is 2.28. The van der Waals surface area contributed by atoms with Gasteiger partial charge in [0.15, 0.2) is 15.8 Å². The van der Waals surface area contributed by atoms with Gasteiger partial charge >= 0.3 is 0 Å². The Morgan fingerprint density at radius 1 is 1.32 bits per heavy atom. The Kier molecular flexibility index (Phi) is 6.29. The molecule has 1 saturated heterocycles. The summed E-state index contributed by atoms with van der Waals surface area (Å²) in [4.78, 5) is 4.62. The summed E-state index contributed by atoms with van der Waals surface area (Å²) in [6.07, 6.45) is 7.55. The van der Waals surface area contributed by atoms with Crippen molar-refractivity contribution < 1.29 is 8.42 Å². The molecule has 0 aromatic carbocycles. The summed E-state index contributed by atoms with van der Waals surface area (Å²) >= 11 is 0. The monoisotopic (exact) mass is 327 g/mol. The average molecular weight is 327 g/mol. The van der Waals surface area contributed by atoms with E-state index < -0.39 is 9.84 Å². The van der Waals surface area contributed by atoms with Crippen LogP contribution in [-0.4, -0.2) is 45.0 Å². The van der Waals surface area contributed by atoms with Crippen LogP contribution in [0.15, 0.2) is 17.6 Å². The second-order valence-electron chi connectivity index (χ2n) is 6.64. The quantitative estimate of drug-likeness (QED) is 0.458. The van der Waals surface area contributed by atoms with Crippen LogP contribution in [0.1, 0.15) is 39.0 Å². The standard InChI is InChI=1S/C16H29N3O2S/c1-3-9-17-16(19-15-7-5-4-6-13(15)2)18-11-14-8-10-22(20,21)12-14/h3,13-15H,1,4-12H2,2H3,(H2,17,18,19). The largest absolute Gasteiger partial charge is 0.353 e. The van der Waals surface area contributed by atoms with Crippen molar-refractivity contribution in [3.05, 3.63) is 12.7 Å². The molecule has 0 amide bonds. The third-order valence-electron chi connectivity index (χ3n) is 4.68. The van der Waals surface area contributed by atoms with Crippen molar-refractivity contribution >= 4 is 15.8 Å². The van der Waals surface area contributed by atoms with E-state index in [2.05, 4.69) is 29.1 Å². The molecular formula is C16H29N3O2S. The van der Waals surface area contributed by atoms with E-state index in [1.165, 1.54) is 25.7 Å². The lowest BCUT2D eigenvalue weighted by molar-refractivity contribution is 0.306. The summed E-state index contributed by atoms with van der Waals surface area (Å²) in [6, 6.07) is 0.456. The Morgan fingerprint density at radius 3 is 2.73 bits per heavy atom. The van der Waals surface area contributed by atoms with Crippen LogP contribution < -0.4 is 10.6 Å². The van der Waals surface area contributed by atoms with Crippen LogP contribution in [0, 0.1) is 11.8 Å². The fourth-order valence-electron chi connectivity index (χ4n) is 3.26. The van der Waals surface area contributed by atoms with Gasteiger partial charge in [0.1, 0.15) is 0 Å². The molecule has 2 rings (SSSR count). The second kappa shape index (κ2) is 7.99. The SMILES string of the molecule is C=CCNC(=NCC1CCS(=O)(=O)C1)NC1CCCCC1C. The summed E-state index contributed by atoms with van der Waals surface area (Å²) in [5.41, 5.74) is 0. The van der Waals surface area contributed by atoms with E-state index in [0.29, 0.717) is 30.8 Å². The van der Waals surface area contributed by atoms with Crippen molar-refractivity contribution in [3.63, 3.8) is 0 Å². The normalized spacial score (nSPS) is 31.7. The molecule has 2 aliphatic rings. The van der Waals surface area contributed by atoms with Crippen LogP contribution in [0.2, 0.25) is 0 Å². The fourth-order valence-corrected chi connectivity index (χ4v) is 5.11. The lowest BCUT2D eigenvalue weighted by Crippen LogP contribution is -2.47. The fraction of sp³-hybridized carbons (Fsp3) is 0.812. The molecule has 22 heavy (non-hydrogen) atoms. The molecule has 3 atom stereocenters. The number of nitrogens with one attached hydrogen (secondary N) is 2. The second-order valence-corrected chi connectivity index (χ2v) is 8.87. The van der Waals surface area contributed by atoms with Crippen LogP contribution in [0.5, 0.6) is 0 Å². The first-order valence-corrected chi connectivity index (χ1v) is 10.2. The minimum atomic E-state index is -2.82. The van der Waals surface area contributed by atoms with Crippen LogP contribution in [0.3, 0.4) is 0 Å². The van der Waals surface area contributed by atoms with E-state index in [-0.39, 0.29) is 11.7 Å². The Hall–Kier alpha value is -1.04. The number of aliphatic imine (C=N–C) groups is 1. The smallest absolute Gasteiger partial charge is 0.191 e. The lowest BCUT2D eigenvalue weighted by Gasteiger charge is -2.31. The van der Waals surface area contributed by atoms with Gasteiger partial charge in [-0.05, 0) is 31.1 Å². The number of guanidine groups is 1. The maximum absolute atomic E-state index is 11.5. The van der Waals surface area contributed by atoms with Gasteiger partial charge in [0, 0.05) is 19.1 Å². The molecule has 1 aliphatic heterocycles. The molecule has 0 radical (unpaired) electrons. The zero-order valence-corrected chi connectivity index (χ0v) is 14.4. The molecule has 126 valence electrons. The first kappa shape index (κ1) is 17.3. The number of nitrogens with zero attached hydrogens (tertiary/aromatic N) is 1. The van der Waals surface area contributed by atoms with Gasteiger partial charge in [-0.25, -0.2) is 8.42 Å². The molecular weight excluding hydrogens is 298 g/mol. The Labute approximate surface area is 134 Å². The number of hydrogen-bond acceptors (Lipinski definition) is 3. The summed E-state index contributed by atoms with van der Waals surface area (Å²) in [5, 5.41) is 6.78. The van der Waals surface area contributed by atoms with Crippen molar-refractivity contribution in [2.24, 2.45) is 16.8 Å². The molecule has 1 heterocycles. The van der Waals surface area contributed by atoms with E-state index in [4.69, 9.17) is 0 Å². The number of hydrogen-bond donors (Lipinski definition) is 2. The van der Waals surface area contributed by atoms with E-state index in [1.54, 1.807) is 0 Å². The lowest BCUT2D eigenvalue weighted by atomic mass is 9.86. The Bertz CT molecular complexity index is 502. The van der Waals surface area contributed by atoms with Gasteiger partial charge < -0.3 is 10.6 Å². The third kappa shape index (κ3) is 5.30. The van der Waals surface area contributed by atoms with E-state index in [0.717, 1.165) is 12.4 Å². The summed E-state index contributed by atoms with van der Waals surface area (Å²) in [7, 11) is -2.82. The Balaban J connectivity index is 1.92. The van der Waals surface area contributed by atoms with Gasteiger partial charge in [0.05, 0.1) is 11.5 Å². The third-order valence-corrected chi connectivity index (χ3v) is 6.52. The van der Waals surface area contributed by atoms with E-state index in [1.807, 2.05) is 6.08 Å². The molecule has 6 heteroatoms. The van der Waals surface area contributed by atoms with E-state index >= 15 is 0 Å². The minimum absolute atomic E-state index is 0.163. The summed E-state index contributed by atoms with van der Waals surface area (Å²) in [6.45, 7) is 7.25. The highest BCUT2D eigenvalue weighted by Crippen LogP contribution is 2.23. The molecule has 5 nitrogen and oxygen atoms in total. The number of sulfone groups is 1. The molecule has 1 aliphatic carbocycles. The maximum atomic E-state index is 11.5. The first-order chi connectivity index (χ1) is 10.5. The van der Waals surface area contributed by atoms with Crippen LogP contribution in [0.4, 0.5) is 0 Å². The average Bonchev–Trinajstić information content (AvgIpc) is 2.83. The van der Waals surface area contributed by atoms with Gasteiger partial charge in [-0.2, -0.15) is 0 Å². The minimum Gasteiger partial charge on any atom is -0.353 e. The van der Waals surface area contributed by atoms with Crippen LogP contribution in [0.25, 0.3) is 0 Å². The molecule has 2 fully saturated rings. The van der Waals surface area contributed by atoms with E-state index in [9.17, 15) is 8.42 Å². The van der Waals surface area contributed by atoms with Gasteiger partial charge in [-0.3, -0.25) is 4.99 Å². The van der Waals surface area contributed by atoms with Gasteiger partial charge in [0.2, 0.25) is 0 Å². The molecule has 3 unspecified atom stereocenters. The molecule has 2 N–H and O–H groups in total. The zero-order chi connectivity index (χ0) is 16.0. The maximum Gasteiger partial charge on any atom is 0.191 e. The highest BCUT2D eigenvalue weighted by molar-refractivity contribution is 7.91. The zero-order valence-electron chi connectivity index (χ0n) is 13.6. The molecule has 1 saturated carbocycles. The van der Waals surface area contributed by atoms with Crippen molar-refractivity contribution in [2.75, 3.05) is 24.6 Å². The van der Waals surface area contributed by atoms with Gasteiger partial charge in [-0.15, -0.1) is 6.58 Å². The number of rotatable bonds is 5. The van der Waals surface area contributed by atoms with Crippen LogP contribution >= 0.6 is 0 Å². The van der Waals surface area contributed by atoms with Crippen LogP contribution in [-0.2, 0) is 9.84 Å². The highest BCUT2D eigenvalue weighted by atomic mass is 32.2. The Morgan fingerprint density at radius 2 is 2.09 bits per heavy atom. The molecule has 0 aromatic rings. The first-order valence-electron chi connectivity index (χ1n) is 8.36. The van der Waals surface area contributed by atoms with Crippen molar-refractivity contribution in [1.82, 2.24) is 10.6 Å². The molecule has 0 bridgehead atoms. The molecule has 0 aromatic heterocycles. The topological polar surface area (TPSA) is 70.6 Å². The predicted octanol–water partition coefficient (Wildman–Crippen LogP) is 1.72. The summed E-state index contributed by atoms with van der Waals surface area (Å²) < 4.78 is 23.0. The van der Waals surface area contributed by atoms with Gasteiger partial charge in [-0.1, -0.05) is 25.8 Å².